The normalized spacial score (nSPS) is 11.6. The Labute approximate surface area is 153 Å². The van der Waals surface area contributed by atoms with Crippen molar-refractivity contribution in [3.05, 3.63) is 64.1 Å². The summed E-state index contributed by atoms with van der Waals surface area (Å²) in [4.78, 5) is -0.178. The van der Waals surface area contributed by atoms with Crippen LogP contribution in [0.15, 0.2) is 57.9 Å². The molecule has 6 heteroatoms. The van der Waals surface area contributed by atoms with E-state index in [1.54, 1.807) is 12.1 Å². The first kappa shape index (κ1) is 20.8. The van der Waals surface area contributed by atoms with Gasteiger partial charge in [-0.2, -0.15) is 0 Å². The minimum absolute atomic E-state index is 0.178. The number of benzene rings is 2. The highest BCUT2D eigenvalue weighted by atomic mass is 79.9. The average Bonchev–Trinajstić information content (AvgIpc) is 2.50. The fraction of sp³-hybridized carbons (Fsp3) is 0.333. The molecule has 4 nitrogen and oxygen atoms in total. The smallest absolute Gasteiger partial charge is 0.124 e. The largest absolute Gasteiger partial charge is 0.744 e. The SMILES string of the molecule is CC[N+](C)(C)Cc1ccc(Br)cc1.Cc1ccc(S(=O)(=O)[O-])cc1. The number of rotatable bonds is 4. The number of nitrogens with zero attached hydrogens (tertiary/aromatic N) is 1. The van der Waals surface area contributed by atoms with Crippen LogP contribution in [0.4, 0.5) is 0 Å². The maximum Gasteiger partial charge on any atom is 0.124 e. The molecule has 0 fully saturated rings. The van der Waals surface area contributed by atoms with Gasteiger partial charge in [-0.3, -0.25) is 0 Å². The first-order valence-corrected chi connectivity index (χ1v) is 9.82. The molecule has 132 valence electrons. The molecule has 0 spiro atoms. The lowest BCUT2D eigenvalue weighted by atomic mass is 10.2. The highest BCUT2D eigenvalue weighted by Gasteiger charge is 2.11. The molecule has 0 amide bonds. The quantitative estimate of drug-likeness (QED) is 0.563. The van der Waals surface area contributed by atoms with Gasteiger partial charge in [-0.05, 0) is 38.1 Å². The van der Waals surface area contributed by atoms with Crippen molar-refractivity contribution in [2.75, 3.05) is 20.6 Å². The molecule has 0 atom stereocenters. The summed E-state index contributed by atoms with van der Waals surface area (Å²) >= 11 is 3.44. The Balaban J connectivity index is 0.000000243. The number of aryl methyl sites for hydroxylation is 1. The van der Waals surface area contributed by atoms with Crippen LogP contribution >= 0.6 is 15.9 Å². The fourth-order valence-electron chi connectivity index (χ4n) is 1.90. The summed E-state index contributed by atoms with van der Waals surface area (Å²) in [6.07, 6.45) is 0. The van der Waals surface area contributed by atoms with Crippen molar-refractivity contribution in [1.29, 1.82) is 0 Å². The molecular weight excluding hydrogens is 390 g/mol. The zero-order chi connectivity index (χ0) is 18.4. The summed E-state index contributed by atoms with van der Waals surface area (Å²) in [6, 6.07) is 14.3. The zero-order valence-electron chi connectivity index (χ0n) is 14.5. The minimum Gasteiger partial charge on any atom is -0.744 e. The second kappa shape index (κ2) is 8.76. The Bertz CT molecular complexity index is 739. The predicted octanol–water partition coefficient (Wildman–Crippen LogP) is 3.94. The molecule has 2 rings (SSSR count). The number of quaternary nitrogens is 1. The van der Waals surface area contributed by atoms with Gasteiger partial charge in [0.2, 0.25) is 0 Å². The van der Waals surface area contributed by atoms with Gasteiger partial charge in [0, 0.05) is 10.0 Å². The molecule has 0 aromatic heterocycles. The van der Waals surface area contributed by atoms with E-state index in [1.165, 1.54) is 17.7 Å². The first-order chi connectivity index (χ1) is 11.0. The molecule has 0 radical (unpaired) electrons. The molecule has 0 aliphatic rings. The summed E-state index contributed by atoms with van der Waals surface area (Å²) in [5.74, 6) is 0. The van der Waals surface area contributed by atoms with Crippen molar-refractivity contribution >= 4 is 26.0 Å². The number of hydrogen-bond acceptors (Lipinski definition) is 3. The van der Waals surface area contributed by atoms with Gasteiger partial charge in [-0.25, -0.2) is 8.42 Å². The summed E-state index contributed by atoms with van der Waals surface area (Å²) < 4.78 is 33.4. The van der Waals surface area contributed by atoms with Gasteiger partial charge in [0.15, 0.2) is 0 Å². The predicted molar refractivity (Wildman–Crippen MR) is 99.6 cm³/mol. The molecule has 0 unspecified atom stereocenters. The van der Waals surface area contributed by atoms with E-state index in [1.807, 2.05) is 6.92 Å². The van der Waals surface area contributed by atoms with Crippen LogP contribution in [-0.2, 0) is 16.7 Å². The van der Waals surface area contributed by atoms with Crippen LogP contribution in [0.3, 0.4) is 0 Å². The Morgan fingerprint density at radius 1 is 1.00 bits per heavy atom. The summed E-state index contributed by atoms with van der Waals surface area (Å²) in [7, 11) is 0.234. The molecule has 2 aromatic carbocycles. The Kier molecular flexibility index (Phi) is 7.60. The van der Waals surface area contributed by atoms with E-state index in [0.29, 0.717) is 0 Å². The molecule has 0 saturated carbocycles. The fourth-order valence-corrected chi connectivity index (χ4v) is 2.63. The second-order valence-corrected chi connectivity index (χ2v) is 8.60. The topological polar surface area (TPSA) is 57.2 Å². The lowest BCUT2D eigenvalue weighted by Crippen LogP contribution is -2.38. The highest BCUT2D eigenvalue weighted by molar-refractivity contribution is 9.10. The van der Waals surface area contributed by atoms with Gasteiger partial charge in [-0.15, -0.1) is 0 Å². The van der Waals surface area contributed by atoms with Crippen LogP contribution in [0.25, 0.3) is 0 Å². The van der Waals surface area contributed by atoms with E-state index in [0.717, 1.165) is 27.6 Å². The second-order valence-electron chi connectivity index (χ2n) is 6.30. The molecular formula is C18H24BrNO3S. The Morgan fingerprint density at radius 2 is 1.50 bits per heavy atom. The monoisotopic (exact) mass is 413 g/mol. The van der Waals surface area contributed by atoms with Gasteiger partial charge >= 0.3 is 0 Å². The van der Waals surface area contributed by atoms with E-state index >= 15 is 0 Å². The van der Waals surface area contributed by atoms with Gasteiger partial charge in [0.05, 0.1) is 25.5 Å². The van der Waals surface area contributed by atoms with Gasteiger partial charge in [0.1, 0.15) is 16.7 Å². The average molecular weight is 414 g/mol. The minimum atomic E-state index is -4.27. The highest BCUT2D eigenvalue weighted by Crippen LogP contribution is 2.13. The lowest BCUT2D eigenvalue weighted by molar-refractivity contribution is -0.901. The maximum atomic E-state index is 10.4. The molecule has 0 aliphatic carbocycles. The van der Waals surface area contributed by atoms with E-state index in [2.05, 4.69) is 61.2 Å². The number of halogens is 1. The van der Waals surface area contributed by atoms with Gasteiger partial charge in [0.25, 0.3) is 0 Å². The molecule has 0 aliphatic heterocycles. The van der Waals surface area contributed by atoms with Crippen molar-refractivity contribution in [2.45, 2.75) is 25.3 Å². The van der Waals surface area contributed by atoms with Crippen LogP contribution in [-0.4, -0.2) is 38.1 Å². The molecule has 0 bridgehead atoms. The molecule has 0 heterocycles. The third-order valence-corrected chi connectivity index (χ3v) is 5.07. The third-order valence-electron chi connectivity index (χ3n) is 3.69. The first-order valence-electron chi connectivity index (χ1n) is 7.62. The van der Waals surface area contributed by atoms with Crippen LogP contribution in [0.2, 0.25) is 0 Å². The zero-order valence-corrected chi connectivity index (χ0v) is 16.9. The summed E-state index contributed by atoms with van der Waals surface area (Å²) in [5, 5.41) is 0. The van der Waals surface area contributed by atoms with Crippen molar-refractivity contribution in [1.82, 2.24) is 0 Å². The van der Waals surface area contributed by atoms with Crippen molar-refractivity contribution in [3.8, 4) is 0 Å². The summed E-state index contributed by atoms with van der Waals surface area (Å²) in [5.41, 5.74) is 2.33. The Morgan fingerprint density at radius 3 is 1.92 bits per heavy atom. The molecule has 2 aromatic rings. The molecule has 24 heavy (non-hydrogen) atoms. The van der Waals surface area contributed by atoms with Crippen molar-refractivity contribution in [2.24, 2.45) is 0 Å². The standard InChI is InChI=1S/C11H17BrN.C7H8O3S/c1-4-13(2,3)9-10-5-7-11(12)8-6-10;1-6-2-4-7(5-3-6)11(8,9)10/h5-8H,4,9H2,1-3H3;2-5H,1H3,(H,8,9,10)/q+1;/p-1. The third kappa shape index (κ3) is 7.57. The van der Waals surface area contributed by atoms with Crippen LogP contribution in [0.1, 0.15) is 18.1 Å². The van der Waals surface area contributed by atoms with Crippen molar-refractivity contribution in [3.63, 3.8) is 0 Å². The van der Waals surface area contributed by atoms with Crippen LogP contribution in [0, 0.1) is 6.92 Å². The van der Waals surface area contributed by atoms with Crippen molar-refractivity contribution < 1.29 is 17.5 Å². The van der Waals surface area contributed by atoms with Crippen LogP contribution in [0.5, 0.6) is 0 Å². The lowest BCUT2D eigenvalue weighted by Gasteiger charge is -2.28. The Hall–Kier alpha value is -1.21. The van der Waals surface area contributed by atoms with E-state index in [4.69, 9.17) is 0 Å². The molecule has 0 N–H and O–H groups in total. The van der Waals surface area contributed by atoms with E-state index < -0.39 is 10.1 Å². The number of hydrogen-bond donors (Lipinski definition) is 0. The summed E-state index contributed by atoms with van der Waals surface area (Å²) in [6.45, 7) is 6.31. The molecule has 0 saturated heterocycles. The van der Waals surface area contributed by atoms with Gasteiger partial charge in [-0.1, -0.05) is 45.8 Å². The maximum absolute atomic E-state index is 10.4. The van der Waals surface area contributed by atoms with E-state index in [9.17, 15) is 13.0 Å². The van der Waals surface area contributed by atoms with Gasteiger partial charge < -0.3 is 9.04 Å². The van der Waals surface area contributed by atoms with E-state index in [-0.39, 0.29) is 4.90 Å². The van der Waals surface area contributed by atoms with Crippen LogP contribution < -0.4 is 0 Å².